The molecule has 0 fully saturated rings. The second-order valence-corrected chi connectivity index (χ2v) is 3.32. The van der Waals surface area contributed by atoms with Gasteiger partial charge in [0.15, 0.2) is 0 Å². The van der Waals surface area contributed by atoms with Crippen LogP contribution in [0.3, 0.4) is 0 Å². The molecule has 0 atom stereocenters. The first-order chi connectivity index (χ1) is 7.31. The maximum Gasteiger partial charge on any atom is 0.149 e. The molecule has 0 aliphatic rings. The van der Waals surface area contributed by atoms with E-state index in [2.05, 4.69) is 9.97 Å². The highest BCUT2D eigenvalue weighted by atomic mass is 35.5. The summed E-state index contributed by atoms with van der Waals surface area (Å²) in [6.07, 6.45) is 4.78. The van der Waals surface area contributed by atoms with Crippen LogP contribution in [-0.4, -0.2) is 9.97 Å². The molecule has 0 aliphatic carbocycles. The van der Waals surface area contributed by atoms with Gasteiger partial charge in [0.05, 0.1) is 0 Å². The Labute approximate surface area is 91.8 Å². The number of aromatic nitrogens is 2. The first kappa shape index (κ1) is 10.1. The van der Waals surface area contributed by atoms with Gasteiger partial charge in [0.2, 0.25) is 0 Å². The van der Waals surface area contributed by atoms with Gasteiger partial charge in [0, 0.05) is 30.0 Å². The maximum absolute atomic E-state index is 13.6. The molecule has 0 aliphatic heterocycles. The SMILES string of the molecule is Fc1cc(CCl)cnc1-c1cccnc1. The van der Waals surface area contributed by atoms with Gasteiger partial charge in [-0.05, 0) is 23.8 Å². The predicted molar refractivity (Wildman–Crippen MR) is 57.0 cm³/mol. The van der Waals surface area contributed by atoms with E-state index in [9.17, 15) is 4.39 Å². The topological polar surface area (TPSA) is 25.8 Å². The molecule has 2 nitrogen and oxygen atoms in total. The number of hydrogen-bond donors (Lipinski definition) is 0. The number of pyridine rings is 2. The van der Waals surface area contributed by atoms with Crippen LogP contribution in [0, 0.1) is 5.82 Å². The molecule has 0 spiro atoms. The smallest absolute Gasteiger partial charge is 0.149 e. The molecule has 2 aromatic heterocycles. The van der Waals surface area contributed by atoms with Gasteiger partial charge < -0.3 is 0 Å². The van der Waals surface area contributed by atoms with E-state index in [0.717, 1.165) is 0 Å². The summed E-state index contributed by atoms with van der Waals surface area (Å²) in [5.74, 6) is -0.113. The quantitative estimate of drug-likeness (QED) is 0.730. The van der Waals surface area contributed by atoms with Gasteiger partial charge in [-0.3, -0.25) is 9.97 Å². The zero-order chi connectivity index (χ0) is 10.7. The highest BCUT2D eigenvalue weighted by Crippen LogP contribution is 2.20. The summed E-state index contributed by atoms with van der Waals surface area (Å²) in [4.78, 5) is 7.93. The Hall–Kier alpha value is -1.48. The van der Waals surface area contributed by atoms with E-state index in [1.807, 2.05) is 0 Å². The number of alkyl halides is 1. The third-order valence-electron chi connectivity index (χ3n) is 1.99. The van der Waals surface area contributed by atoms with Gasteiger partial charge in [-0.25, -0.2) is 4.39 Å². The Bertz CT molecular complexity index is 459. The van der Waals surface area contributed by atoms with Crippen LogP contribution >= 0.6 is 11.6 Å². The van der Waals surface area contributed by atoms with Crippen molar-refractivity contribution in [3.63, 3.8) is 0 Å². The van der Waals surface area contributed by atoms with Crippen LogP contribution in [0.15, 0.2) is 36.8 Å². The fraction of sp³-hybridized carbons (Fsp3) is 0.0909. The Kier molecular flexibility index (Phi) is 2.92. The molecule has 2 rings (SSSR count). The second-order valence-electron chi connectivity index (χ2n) is 3.05. The van der Waals surface area contributed by atoms with E-state index < -0.39 is 0 Å². The molecule has 2 aromatic rings. The standard InChI is InChI=1S/C11H8ClFN2/c12-5-8-4-10(13)11(15-6-8)9-2-1-3-14-7-9/h1-4,6-7H,5H2. The van der Waals surface area contributed by atoms with Crippen molar-refractivity contribution in [2.45, 2.75) is 5.88 Å². The largest absolute Gasteiger partial charge is 0.264 e. The third-order valence-corrected chi connectivity index (χ3v) is 2.30. The van der Waals surface area contributed by atoms with Crippen molar-refractivity contribution < 1.29 is 4.39 Å². The average Bonchev–Trinajstić information content (AvgIpc) is 2.30. The van der Waals surface area contributed by atoms with Crippen LogP contribution in [0.5, 0.6) is 0 Å². The summed E-state index contributed by atoms with van der Waals surface area (Å²) in [5.41, 5.74) is 1.63. The molecule has 0 amide bonds. The van der Waals surface area contributed by atoms with Crippen molar-refractivity contribution in [2.75, 3.05) is 0 Å². The lowest BCUT2D eigenvalue weighted by Gasteiger charge is -2.02. The van der Waals surface area contributed by atoms with Crippen molar-refractivity contribution >= 4 is 11.6 Å². The van der Waals surface area contributed by atoms with Gasteiger partial charge in [0.1, 0.15) is 11.5 Å². The minimum Gasteiger partial charge on any atom is -0.264 e. The van der Waals surface area contributed by atoms with Gasteiger partial charge in [-0.15, -0.1) is 11.6 Å². The van der Waals surface area contributed by atoms with Gasteiger partial charge >= 0.3 is 0 Å². The predicted octanol–water partition coefficient (Wildman–Crippen LogP) is 3.02. The van der Waals surface area contributed by atoms with E-state index in [0.29, 0.717) is 16.8 Å². The normalized spacial score (nSPS) is 10.3. The molecule has 0 bridgehead atoms. The Morgan fingerprint density at radius 1 is 1.33 bits per heavy atom. The van der Waals surface area contributed by atoms with E-state index >= 15 is 0 Å². The van der Waals surface area contributed by atoms with Crippen molar-refractivity contribution in [3.05, 3.63) is 48.2 Å². The summed E-state index contributed by atoms with van der Waals surface area (Å²) >= 11 is 5.58. The molecule has 4 heteroatoms. The van der Waals surface area contributed by atoms with E-state index in [-0.39, 0.29) is 11.7 Å². The summed E-state index contributed by atoms with van der Waals surface area (Å²) in [6, 6.07) is 4.90. The molecular weight excluding hydrogens is 215 g/mol. The Balaban J connectivity index is 2.46. The van der Waals surface area contributed by atoms with Crippen LogP contribution in [0.25, 0.3) is 11.3 Å². The van der Waals surface area contributed by atoms with Crippen LogP contribution in [-0.2, 0) is 5.88 Å². The molecule has 2 heterocycles. The zero-order valence-electron chi connectivity index (χ0n) is 7.82. The third kappa shape index (κ3) is 2.13. The first-order valence-electron chi connectivity index (χ1n) is 4.42. The van der Waals surface area contributed by atoms with E-state index in [1.54, 1.807) is 30.7 Å². The highest BCUT2D eigenvalue weighted by molar-refractivity contribution is 6.17. The summed E-state index contributed by atoms with van der Waals surface area (Å²) < 4.78 is 13.6. The Morgan fingerprint density at radius 2 is 2.20 bits per heavy atom. The second kappa shape index (κ2) is 4.36. The van der Waals surface area contributed by atoms with Crippen molar-refractivity contribution in [1.82, 2.24) is 9.97 Å². The van der Waals surface area contributed by atoms with Crippen molar-refractivity contribution in [3.8, 4) is 11.3 Å². The lowest BCUT2D eigenvalue weighted by atomic mass is 10.1. The molecule has 15 heavy (non-hydrogen) atoms. The van der Waals surface area contributed by atoms with Gasteiger partial charge in [-0.1, -0.05) is 0 Å². The Morgan fingerprint density at radius 3 is 2.80 bits per heavy atom. The monoisotopic (exact) mass is 222 g/mol. The molecule has 0 radical (unpaired) electrons. The molecule has 76 valence electrons. The lowest BCUT2D eigenvalue weighted by molar-refractivity contribution is 0.624. The fourth-order valence-electron chi connectivity index (χ4n) is 1.27. The minimum atomic E-state index is -0.374. The average molecular weight is 223 g/mol. The number of hydrogen-bond acceptors (Lipinski definition) is 2. The highest BCUT2D eigenvalue weighted by Gasteiger charge is 2.07. The van der Waals surface area contributed by atoms with Gasteiger partial charge in [0.25, 0.3) is 0 Å². The maximum atomic E-state index is 13.6. The summed E-state index contributed by atoms with van der Waals surface area (Å²) in [7, 11) is 0. The van der Waals surface area contributed by atoms with Gasteiger partial charge in [-0.2, -0.15) is 0 Å². The first-order valence-corrected chi connectivity index (χ1v) is 4.95. The fourth-order valence-corrected chi connectivity index (χ4v) is 1.41. The van der Waals surface area contributed by atoms with Crippen molar-refractivity contribution in [2.24, 2.45) is 0 Å². The van der Waals surface area contributed by atoms with Crippen molar-refractivity contribution in [1.29, 1.82) is 0 Å². The number of rotatable bonds is 2. The van der Waals surface area contributed by atoms with Crippen LogP contribution in [0.4, 0.5) is 4.39 Å². The molecule has 0 unspecified atom stereocenters. The summed E-state index contributed by atoms with van der Waals surface area (Å²) in [5, 5.41) is 0. The lowest BCUT2D eigenvalue weighted by Crippen LogP contribution is -1.92. The molecule has 0 saturated heterocycles. The molecule has 0 N–H and O–H groups in total. The van der Waals surface area contributed by atoms with E-state index in [4.69, 9.17) is 11.6 Å². The minimum absolute atomic E-state index is 0.261. The molecule has 0 saturated carbocycles. The zero-order valence-corrected chi connectivity index (χ0v) is 8.58. The van der Waals surface area contributed by atoms with Crippen LogP contribution in [0.2, 0.25) is 0 Å². The number of nitrogens with zero attached hydrogens (tertiary/aromatic N) is 2. The van der Waals surface area contributed by atoms with Crippen LogP contribution in [0.1, 0.15) is 5.56 Å². The molecule has 0 aromatic carbocycles. The molecular formula is C11H8ClFN2. The van der Waals surface area contributed by atoms with Crippen LogP contribution < -0.4 is 0 Å². The summed E-state index contributed by atoms with van der Waals surface area (Å²) in [6.45, 7) is 0. The number of halogens is 2. The van der Waals surface area contributed by atoms with E-state index in [1.165, 1.54) is 6.07 Å².